The number of thiophene rings is 1. The molecule has 2 aromatic heterocycles. The Balaban J connectivity index is 1.27. The minimum Gasteiger partial charge on any atom is -0.454 e. The first-order valence-electron chi connectivity index (χ1n) is 11.3. The number of nitrogens with zero attached hydrogens (tertiary/aromatic N) is 3. The zero-order valence-electron chi connectivity index (χ0n) is 17.6. The van der Waals surface area contributed by atoms with Crippen LogP contribution in [-0.4, -0.2) is 41.1 Å². The van der Waals surface area contributed by atoms with Gasteiger partial charge in [0.15, 0.2) is 11.5 Å². The van der Waals surface area contributed by atoms with E-state index in [4.69, 9.17) is 19.4 Å². The molecule has 1 saturated heterocycles. The number of benzene rings is 1. The maximum absolute atomic E-state index is 9.91. The van der Waals surface area contributed by atoms with Gasteiger partial charge in [0.1, 0.15) is 10.6 Å². The maximum Gasteiger partial charge on any atom is 0.231 e. The molecule has 0 amide bonds. The van der Waals surface area contributed by atoms with Gasteiger partial charge in [-0.3, -0.25) is 0 Å². The Morgan fingerprint density at radius 3 is 2.91 bits per heavy atom. The first-order chi connectivity index (χ1) is 15.7. The quantitative estimate of drug-likeness (QED) is 0.617. The molecule has 7 rings (SSSR count). The van der Waals surface area contributed by atoms with Crippen LogP contribution < -0.4 is 19.7 Å². The molecule has 1 fully saturated rings. The third-order valence-electron chi connectivity index (χ3n) is 7.01. The number of fused-ring (bicyclic) bond motifs is 7. The van der Waals surface area contributed by atoms with Crippen LogP contribution in [-0.2, 0) is 6.54 Å². The summed E-state index contributed by atoms with van der Waals surface area (Å²) in [6, 6.07) is 6.06. The minimum atomic E-state index is -0.216. The van der Waals surface area contributed by atoms with Gasteiger partial charge in [0.25, 0.3) is 0 Å². The lowest BCUT2D eigenvalue weighted by molar-refractivity contribution is 0.145. The zero-order chi connectivity index (χ0) is 21.2. The molecule has 0 spiro atoms. The summed E-state index contributed by atoms with van der Waals surface area (Å²) in [7, 11) is 0. The summed E-state index contributed by atoms with van der Waals surface area (Å²) < 4.78 is 11.0. The molecule has 4 heterocycles. The molecule has 7 nitrogen and oxygen atoms in total. The number of rotatable bonds is 4. The fourth-order valence-corrected chi connectivity index (χ4v) is 6.63. The number of aromatic nitrogens is 2. The number of allylic oxidation sites excluding steroid dienone is 2. The molecule has 0 radical (unpaired) electrons. The van der Waals surface area contributed by atoms with E-state index in [1.807, 2.05) is 23.5 Å². The predicted molar refractivity (Wildman–Crippen MR) is 125 cm³/mol. The van der Waals surface area contributed by atoms with E-state index in [1.165, 1.54) is 22.4 Å². The summed E-state index contributed by atoms with van der Waals surface area (Å²) >= 11 is 1.83. The van der Waals surface area contributed by atoms with Crippen molar-refractivity contribution in [1.29, 1.82) is 0 Å². The van der Waals surface area contributed by atoms with E-state index in [2.05, 4.69) is 22.4 Å². The number of anilines is 2. The molecular weight excluding hydrogens is 424 g/mol. The molecule has 2 aliphatic carbocycles. The Kier molecular flexibility index (Phi) is 4.14. The Morgan fingerprint density at radius 2 is 2.00 bits per heavy atom. The average Bonchev–Trinajstić information content (AvgIpc) is 3.51. The lowest BCUT2D eigenvalue weighted by atomic mass is 9.80. The van der Waals surface area contributed by atoms with Gasteiger partial charge in [-0.25, -0.2) is 4.98 Å². The zero-order valence-corrected chi connectivity index (χ0v) is 18.5. The van der Waals surface area contributed by atoms with E-state index in [0.29, 0.717) is 12.5 Å². The first kappa shape index (κ1) is 18.7. The highest BCUT2D eigenvalue weighted by Gasteiger charge is 2.40. The van der Waals surface area contributed by atoms with Gasteiger partial charge in [-0.1, -0.05) is 12.1 Å². The summed E-state index contributed by atoms with van der Waals surface area (Å²) in [5, 5.41) is 14.7. The normalized spacial score (nSPS) is 21.3. The minimum absolute atomic E-state index is 0.216. The second kappa shape index (κ2) is 7.08. The van der Waals surface area contributed by atoms with Gasteiger partial charge < -0.3 is 24.8 Å². The van der Waals surface area contributed by atoms with Crippen molar-refractivity contribution in [3.05, 3.63) is 40.3 Å². The van der Waals surface area contributed by atoms with Crippen molar-refractivity contribution in [3.8, 4) is 11.5 Å². The maximum atomic E-state index is 9.91. The Hall–Kier alpha value is -2.84. The summed E-state index contributed by atoms with van der Waals surface area (Å²) in [5.41, 5.74) is 3.96. The molecule has 3 aromatic rings. The van der Waals surface area contributed by atoms with E-state index in [-0.39, 0.29) is 12.9 Å². The summed E-state index contributed by atoms with van der Waals surface area (Å²) in [5.74, 6) is 3.85. The number of ether oxygens (including phenoxy) is 2. The van der Waals surface area contributed by atoms with Crippen molar-refractivity contribution in [2.45, 2.75) is 44.2 Å². The van der Waals surface area contributed by atoms with Crippen LogP contribution in [0, 0.1) is 0 Å². The molecular formula is C24H24N4O3S. The van der Waals surface area contributed by atoms with Crippen LogP contribution >= 0.6 is 11.3 Å². The molecule has 2 aliphatic heterocycles. The smallest absolute Gasteiger partial charge is 0.231 e. The largest absolute Gasteiger partial charge is 0.454 e. The van der Waals surface area contributed by atoms with Crippen molar-refractivity contribution in [1.82, 2.24) is 9.97 Å². The lowest BCUT2D eigenvalue weighted by Gasteiger charge is -2.30. The third-order valence-corrected chi connectivity index (χ3v) is 8.21. The first-order valence-corrected chi connectivity index (χ1v) is 12.2. The third kappa shape index (κ3) is 2.82. The number of aliphatic hydroxyl groups excluding tert-OH is 1. The molecule has 32 heavy (non-hydrogen) atoms. The topological polar surface area (TPSA) is 79.7 Å². The van der Waals surface area contributed by atoms with E-state index in [9.17, 15) is 5.11 Å². The van der Waals surface area contributed by atoms with Crippen LogP contribution in [0.3, 0.4) is 0 Å². The molecule has 1 aromatic carbocycles. The highest BCUT2D eigenvalue weighted by Crippen LogP contribution is 2.59. The molecule has 1 atom stereocenters. The Labute approximate surface area is 189 Å². The van der Waals surface area contributed by atoms with Gasteiger partial charge in [0.2, 0.25) is 12.7 Å². The Morgan fingerprint density at radius 1 is 1.12 bits per heavy atom. The van der Waals surface area contributed by atoms with Gasteiger partial charge in [0, 0.05) is 36.0 Å². The molecule has 2 N–H and O–H groups in total. The average molecular weight is 449 g/mol. The van der Waals surface area contributed by atoms with Crippen molar-refractivity contribution in [2.24, 2.45) is 0 Å². The van der Waals surface area contributed by atoms with Crippen molar-refractivity contribution < 1.29 is 14.6 Å². The summed E-state index contributed by atoms with van der Waals surface area (Å²) in [4.78, 5) is 14.7. The predicted octanol–water partition coefficient (Wildman–Crippen LogP) is 4.27. The van der Waals surface area contributed by atoms with Crippen LogP contribution in [0.15, 0.2) is 24.3 Å². The van der Waals surface area contributed by atoms with Crippen molar-refractivity contribution in [3.63, 3.8) is 0 Å². The van der Waals surface area contributed by atoms with Crippen molar-refractivity contribution >= 4 is 38.9 Å². The second-order valence-corrected chi connectivity index (χ2v) is 9.97. The number of aliphatic hydroxyl groups is 1. The lowest BCUT2D eigenvalue weighted by Crippen LogP contribution is -2.36. The number of hydrogen-bond donors (Lipinski definition) is 2. The molecule has 8 heteroatoms. The number of nitrogens with one attached hydrogen (secondary N) is 1. The highest BCUT2D eigenvalue weighted by molar-refractivity contribution is 7.19. The van der Waals surface area contributed by atoms with Crippen LogP contribution in [0.4, 0.5) is 11.8 Å². The summed E-state index contributed by atoms with van der Waals surface area (Å²) in [6.45, 7) is 2.50. The second-order valence-electron chi connectivity index (χ2n) is 8.94. The molecule has 0 saturated carbocycles. The highest BCUT2D eigenvalue weighted by atomic mass is 32.1. The van der Waals surface area contributed by atoms with E-state index < -0.39 is 0 Å². The Bertz CT molecular complexity index is 1260. The molecule has 4 aliphatic rings. The van der Waals surface area contributed by atoms with Gasteiger partial charge in [0.05, 0.1) is 11.5 Å². The van der Waals surface area contributed by atoms with Gasteiger partial charge >= 0.3 is 0 Å². The van der Waals surface area contributed by atoms with Gasteiger partial charge in [-0.15, -0.1) is 11.3 Å². The van der Waals surface area contributed by atoms with Crippen LogP contribution in [0.25, 0.3) is 15.8 Å². The monoisotopic (exact) mass is 448 g/mol. The van der Waals surface area contributed by atoms with Crippen LogP contribution in [0.1, 0.15) is 47.6 Å². The van der Waals surface area contributed by atoms with Gasteiger partial charge in [-0.2, -0.15) is 4.98 Å². The van der Waals surface area contributed by atoms with Crippen molar-refractivity contribution in [2.75, 3.05) is 30.1 Å². The van der Waals surface area contributed by atoms with E-state index in [0.717, 1.165) is 71.4 Å². The SMILES string of the molecule is OC1CCN(c2nc(NCc3ccc4c(c3)OCO4)c3c4c(sc3n2)C2CCC=C42)CC1. The van der Waals surface area contributed by atoms with Crippen LogP contribution in [0.5, 0.6) is 11.5 Å². The van der Waals surface area contributed by atoms with E-state index >= 15 is 0 Å². The standard InChI is InChI=1S/C24H24N4O3S/c29-14-6-8-28(9-7-14)24-26-22(25-11-13-4-5-17-18(10-13)31-12-30-17)20-19-15-2-1-3-16(15)21(19)32-23(20)27-24/h2,4-5,10,14,16,29H,1,3,6-9,11-12H2,(H,25,26,27). The fourth-order valence-electron chi connectivity index (χ4n) is 5.28. The molecule has 1 unspecified atom stereocenters. The van der Waals surface area contributed by atoms with Crippen LogP contribution in [0.2, 0.25) is 0 Å². The number of piperidine rings is 1. The van der Waals surface area contributed by atoms with E-state index in [1.54, 1.807) is 0 Å². The number of hydrogen-bond acceptors (Lipinski definition) is 8. The van der Waals surface area contributed by atoms with Gasteiger partial charge in [-0.05, 0) is 49.0 Å². The fraction of sp³-hybridized carbons (Fsp3) is 0.417. The summed E-state index contributed by atoms with van der Waals surface area (Å²) in [6.07, 6.45) is 6.08. The molecule has 0 bridgehead atoms. The molecule has 164 valence electrons.